The molecule has 6 nitrogen and oxygen atoms in total. The van der Waals surface area contributed by atoms with Crippen molar-refractivity contribution >= 4 is 5.91 Å². The maximum atomic E-state index is 10.7. The summed E-state index contributed by atoms with van der Waals surface area (Å²) >= 11 is 0. The molecule has 0 radical (unpaired) electrons. The molecule has 1 heterocycles. The molecule has 80 valence electrons. The largest absolute Gasteiger partial charge is 0.508 e. The van der Waals surface area contributed by atoms with E-state index in [2.05, 4.69) is 5.32 Å². The smallest absolute Gasteiger partial charge is 0.221 e. The lowest BCUT2D eigenvalue weighted by Crippen LogP contribution is -2.42. The summed E-state index contributed by atoms with van der Waals surface area (Å²) in [6.45, 7) is 0.858. The van der Waals surface area contributed by atoms with Crippen LogP contribution in [0.1, 0.15) is 6.92 Å². The van der Waals surface area contributed by atoms with E-state index in [4.69, 9.17) is 9.84 Å². The van der Waals surface area contributed by atoms with E-state index in [0.29, 0.717) is 0 Å². The molecule has 2 atom stereocenters. The van der Waals surface area contributed by atoms with Crippen LogP contribution in [-0.4, -0.2) is 46.6 Å². The van der Waals surface area contributed by atoms with Crippen LogP contribution in [0.3, 0.4) is 0 Å². The van der Waals surface area contributed by atoms with Gasteiger partial charge in [0.05, 0.1) is 18.9 Å². The summed E-state index contributed by atoms with van der Waals surface area (Å²) in [4.78, 5) is 10.7. The number of ether oxygens (including phenoxy) is 1. The maximum absolute atomic E-state index is 10.7. The molecule has 1 aliphatic rings. The Kier molecular flexibility index (Phi) is 3.45. The van der Waals surface area contributed by atoms with Crippen molar-refractivity contribution in [1.82, 2.24) is 5.32 Å². The van der Waals surface area contributed by atoms with E-state index in [0.717, 1.165) is 0 Å². The van der Waals surface area contributed by atoms with Crippen molar-refractivity contribution < 1.29 is 24.9 Å². The third kappa shape index (κ3) is 2.22. The molecule has 0 bridgehead atoms. The van der Waals surface area contributed by atoms with Gasteiger partial charge in [-0.1, -0.05) is 0 Å². The molecule has 0 unspecified atom stereocenters. The third-order valence-corrected chi connectivity index (χ3v) is 1.89. The average Bonchev–Trinajstić information content (AvgIpc) is 2.13. The zero-order valence-corrected chi connectivity index (χ0v) is 7.73. The summed E-state index contributed by atoms with van der Waals surface area (Å²) in [6.07, 6.45) is -2.14. The van der Waals surface area contributed by atoms with Crippen molar-refractivity contribution in [2.75, 3.05) is 13.2 Å². The summed E-state index contributed by atoms with van der Waals surface area (Å²) in [5.41, 5.74) is 0.134. The minimum Gasteiger partial charge on any atom is -0.508 e. The van der Waals surface area contributed by atoms with Crippen LogP contribution in [0, 0.1) is 0 Å². The minimum atomic E-state index is -1.30. The highest BCUT2D eigenvalue weighted by molar-refractivity contribution is 5.75. The lowest BCUT2D eigenvalue weighted by Gasteiger charge is -2.28. The number of carbonyl (C=O) groups is 1. The maximum Gasteiger partial charge on any atom is 0.221 e. The lowest BCUT2D eigenvalue weighted by atomic mass is 10.1. The number of nitrogens with one attached hydrogen (secondary N) is 1. The fourth-order valence-electron chi connectivity index (χ4n) is 1.18. The molecule has 14 heavy (non-hydrogen) atoms. The number of hydrogen-bond acceptors (Lipinski definition) is 5. The first-order valence-corrected chi connectivity index (χ1v) is 4.16. The lowest BCUT2D eigenvalue weighted by molar-refractivity contribution is -0.119. The number of aliphatic hydroxyl groups excluding tert-OH is 3. The molecule has 0 spiro atoms. The highest BCUT2D eigenvalue weighted by Gasteiger charge is 2.30. The summed E-state index contributed by atoms with van der Waals surface area (Å²) in [6, 6.07) is 0. The number of aliphatic hydroxyl groups is 3. The Morgan fingerprint density at radius 1 is 1.71 bits per heavy atom. The van der Waals surface area contributed by atoms with Gasteiger partial charge in [-0.05, 0) is 0 Å². The van der Waals surface area contributed by atoms with E-state index in [1.54, 1.807) is 0 Å². The molecule has 0 aromatic heterocycles. The van der Waals surface area contributed by atoms with Gasteiger partial charge >= 0.3 is 0 Å². The van der Waals surface area contributed by atoms with Crippen LogP contribution in [0.25, 0.3) is 0 Å². The molecule has 0 saturated carbocycles. The van der Waals surface area contributed by atoms with Gasteiger partial charge in [-0.15, -0.1) is 0 Å². The summed E-state index contributed by atoms with van der Waals surface area (Å²) in [5, 5.41) is 29.9. The third-order valence-electron chi connectivity index (χ3n) is 1.89. The molecule has 1 aliphatic heterocycles. The van der Waals surface area contributed by atoms with Crippen molar-refractivity contribution in [3.05, 3.63) is 11.5 Å². The Hall–Kier alpha value is -1.11. The van der Waals surface area contributed by atoms with Crippen molar-refractivity contribution in [3.63, 3.8) is 0 Å². The number of carbonyl (C=O) groups excluding carboxylic acids is 1. The first-order valence-electron chi connectivity index (χ1n) is 4.16. The minimum absolute atomic E-state index is 0.0340. The fourth-order valence-corrected chi connectivity index (χ4v) is 1.18. The second kappa shape index (κ2) is 4.41. The number of rotatable bonds is 2. The molecule has 0 aromatic rings. The van der Waals surface area contributed by atoms with Crippen LogP contribution in [0.5, 0.6) is 0 Å². The van der Waals surface area contributed by atoms with E-state index in [-0.39, 0.29) is 24.0 Å². The molecule has 0 fully saturated rings. The molecule has 1 amide bonds. The van der Waals surface area contributed by atoms with Crippen LogP contribution in [0.4, 0.5) is 0 Å². The quantitative estimate of drug-likeness (QED) is 0.444. The predicted octanol–water partition coefficient (Wildman–Crippen LogP) is -1.36. The van der Waals surface area contributed by atoms with Gasteiger partial charge in [0.25, 0.3) is 0 Å². The standard InChI is InChI=1S/C8H13NO5/c1-4(11)9-5-3-14-6(2-10)8(13)7(5)12/h6,8,10,12-13H,2-3H2,1H3,(H,9,11)/t6-,8+/m0/s1. The van der Waals surface area contributed by atoms with Gasteiger partial charge in [-0.3, -0.25) is 4.79 Å². The van der Waals surface area contributed by atoms with E-state index in [1.807, 2.05) is 0 Å². The van der Waals surface area contributed by atoms with Crippen LogP contribution >= 0.6 is 0 Å². The van der Waals surface area contributed by atoms with E-state index >= 15 is 0 Å². The van der Waals surface area contributed by atoms with Crippen LogP contribution in [0.15, 0.2) is 11.5 Å². The molecular weight excluding hydrogens is 190 g/mol. The topological polar surface area (TPSA) is 99.0 Å². The second-order valence-electron chi connectivity index (χ2n) is 3.02. The Labute approximate surface area is 80.8 Å². The normalized spacial score (nSPS) is 27.6. The zero-order valence-electron chi connectivity index (χ0n) is 7.73. The summed E-state index contributed by atoms with van der Waals surface area (Å²) in [7, 11) is 0. The summed E-state index contributed by atoms with van der Waals surface area (Å²) in [5.74, 6) is -0.713. The van der Waals surface area contributed by atoms with Crippen molar-refractivity contribution in [2.45, 2.75) is 19.1 Å². The molecular formula is C8H13NO5. The molecule has 0 saturated heterocycles. The highest BCUT2D eigenvalue weighted by atomic mass is 16.5. The molecule has 0 aliphatic carbocycles. The Morgan fingerprint density at radius 2 is 2.36 bits per heavy atom. The van der Waals surface area contributed by atoms with Crippen molar-refractivity contribution in [3.8, 4) is 0 Å². The van der Waals surface area contributed by atoms with E-state index < -0.39 is 18.8 Å². The van der Waals surface area contributed by atoms with Crippen molar-refractivity contribution in [2.24, 2.45) is 0 Å². The van der Waals surface area contributed by atoms with Crippen LogP contribution in [0.2, 0.25) is 0 Å². The number of amides is 1. The number of hydrogen-bond donors (Lipinski definition) is 4. The van der Waals surface area contributed by atoms with Gasteiger partial charge in [-0.25, -0.2) is 0 Å². The van der Waals surface area contributed by atoms with Gasteiger partial charge < -0.3 is 25.4 Å². The SMILES string of the molecule is CC(=O)NC1=C(O)[C@H](O)[C@H](CO)OC1. The first kappa shape index (κ1) is 11.0. The zero-order chi connectivity index (χ0) is 10.7. The van der Waals surface area contributed by atoms with Gasteiger partial charge in [0.15, 0.2) is 0 Å². The molecule has 6 heteroatoms. The average molecular weight is 203 g/mol. The van der Waals surface area contributed by atoms with Gasteiger partial charge in [0.1, 0.15) is 18.0 Å². The van der Waals surface area contributed by atoms with Crippen molar-refractivity contribution in [1.29, 1.82) is 0 Å². The Bertz CT molecular complexity index is 262. The predicted molar refractivity (Wildman–Crippen MR) is 46.3 cm³/mol. The fraction of sp³-hybridized carbons (Fsp3) is 0.625. The van der Waals surface area contributed by atoms with E-state index in [1.165, 1.54) is 6.92 Å². The van der Waals surface area contributed by atoms with Gasteiger partial charge in [-0.2, -0.15) is 0 Å². The molecule has 0 aromatic carbocycles. The summed E-state index contributed by atoms with van der Waals surface area (Å²) < 4.78 is 4.99. The van der Waals surface area contributed by atoms with Gasteiger partial charge in [0, 0.05) is 6.92 Å². The van der Waals surface area contributed by atoms with Crippen LogP contribution < -0.4 is 5.32 Å². The Morgan fingerprint density at radius 3 is 2.86 bits per heavy atom. The Balaban J connectivity index is 2.76. The molecule has 1 rings (SSSR count). The van der Waals surface area contributed by atoms with E-state index in [9.17, 15) is 15.0 Å². The van der Waals surface area contributed by atoms with Gasteiger partial charge in [0.2, 0.25) is 5.91 Å². The highest BCUT2D eigenvalue weighted by Crippen LogP contribution is 2.17. The first-order chi connectivity index (χ1) is 6.56. The molecule has 4 N–H and O–H groups in total. The monoisotopic (exact) mass is 203 g/mol. The second-order valence-corrected chi connectivity index (χ2v) is 3.02. The van der Waals surface area contributed by atoms with Crippen LogP contribution in [-0.2, 0) is 9.53 Å².